The highest BCUT2D eigenvalue weighted by molar-refractivity contribution is 4.40. The third-order valence-electron chi connectivity index (χ3n) is 2.33. The maximum Gasteiger partial charge on any atom is 0.254 e. The summed E-state index contributed by atoms with van der Waals surface area (Å²) in [5.74, 6) is 0. The first-order valence-electron chi connectivity index (χ1n) is 5.53. The van der Waals surface area contributed by atoms with Gasteiger partial charge in [-0.1, -0.05) is 26.7 Å². The third-order valence-corrected chi connectivity index (χ3v) is 2.33. The van der Waals surface area contributed by atoms with Crippen LogP contribution in [0, 0.1) is 0 Å². The quantitative estimate of drug-likeness (QED) is 0.278. The summed E-state index contributed by atoms with van der Waals surface area (Å²) in [6, 6.07) is 0. The van der Waals surface area contributed by atoms with E-state index in [2.05, 4.69) is 6.92 Å². The smallest absolute Gasteiger partial charge is 0.254 e. The zero-order valence-electron chi connectivity index (χ0n) is 9.57. The maximum absolute atomic E-state index is 9.51. The summed E-state index contributed by atoms with van der Waals surface area (Å²) in [4.78, 5) is -1.03. The van der Waals surface area contributed by atoms with Gasteiger partial charge in [0, 0.05) is 6.42 Å². The highest BCUT2D eigenvalue weighted by atomic mass is 16.9. The molecule has 0 aliphatic carbocycles. The molecule has 0 amide bonds. The molecule has 0 aliphatic heterocycles. The summed E-state index contributed by atoms with van der Waals surface area (Å²) in [6.45, 7) is 6.58. The van der Waals surface area contributed by atoms with Gasteiger partial charge in [0.05, 0.1) is 6.61 Å². The van der Waals surface area contributed by atoms with E-state index in [9.17, 15) is 10.4 Å². The minimum Gasteiger partial charge on any atom is -0.324 e. The molecule has 86 valence electrons. The standard InChI is InChI=1S/C10H24NO3/c1-4-7-8-9-14-10(5-2)11(12,13)6-3/h10,12-13H,4-9H2,1-3H3/q+1. The monoisotopic (exact) mass is 206 g/mol. The van der Waals surface area contributed by atoms with Crippen molar-refractivity contribution in [2.24, 2.45) is 0 Å². The molecule has 0 saturated heterocycles. The molecule has 0 aromatic rings. The molecule has 4 heteroatoms. The van der Waals surface area contributed by atoms with Gasteiger partial charge in [-0.2, -0.15) is 10.4 Å². The fraction of sp³-hybridized carbons (Fsp3) is 1.00. The maximum atomic E-state index is 9.51. The molecule has 0 aromatic carbocycles. The first-order chi connectivity index (χ1) is 6.58. The van der Waals surface area contributed by atoms with Crippen LogP contribution in [0.15, 0.2) is 0 Å². The summed E-state index contributed by atoms with van der Waals surface area (Å²) >= 11 is 0. The van der Waals surface area contributed by atoms with Crippen molar-refractivity contribution < 1.29 is 20.0 Å². The molecule has 0 spiro atoms. The van der Waals surface area contributed by atoms with Crippen LogP contribution in [0.4, 0.5) is 0 Å². The molecule has 2 N–H and O–H groups in total. The number of hydrogen-bond acceptors (Lipinski definition) is 3. The minimum atomic E-state index is -1.03. The normalized spacial score (nSPS) is 14.4. The number of quaternary nitrogens is 1. The Kier molecular flexibility index (Phi) is 7.09. The van der Waals surface area contributed by atoms with Crippen LogP contribution in [0.5, 0.6) is 0 Å². The van der Waals surface area contributed by atoms with Gasteiger partial charge in [-0.3, -0.25) is 0 Å². The number of nitrogens with zero attached hydrogens (tertiary/aromatic N) is 1. The molecule has 0 heterocycles. The predicted octanol–water partition coefficient (Wildman–Crippen LogP) is 2.54. The van der Waals surface area contributed by atoms with Crippen molar-refractivity contribution in [3.8, 4) is 0 Å². The average Bonchev–Trinajstić information content (AvgIpc) is 2.17. The second kappa shape index (κ2) is 7.17. The molecular weight excluding hydrogens is 182 g/mol. The molecule has 14 heavy (non-hydrogen) atoms. The number of hydroxylamine groups is 4. The molecule has 0 aromatic heterocycles. The van der Waals surface area contributed by atoms with Gasteiger partial charge in [0.15, 0.2) is 0 Å². The zero-order chi connectivity index (χ0) is 11.0. The lowest BCUT2D eigenvalue weighted by Gasteiger charge is -2.27. The van der Waals surface area contributed by atoms with Crippen LogP contribution in [0.1, 0.15) is 46.5 Å². The van der Waals surface area contributed by atoms with Crippen LogP contribution in [0.3, 0.4) is 0 Å². The Morgan fingerprint density at radius 2 is 1.79 bits per heavy atom. The summed E-state index contributed by atoms with van der Waals surface area (Å²) in [7, 11) is 0. The Labute approximate surface area is 86.6 Å². The van der Waals surface area contributed by atoms with Crippen molar-refractivity contribution in [1.82, 2.24) is 0 Å². The van der Waals surface area contributed by atoms with Crippen molar-refractivity contribution in [3.05, 3.63) is 0 Å². The van der Waals surface area contributed by atoms with E-state index in [1.54, 1.807) is 6.92 Å². The van der Waals surface area contributed by atoms with Crippen LogP contribution in [0.2, 0.25) is 0 Å². The molecule has 1 atom stereocenters. The molecular formula is C10H24NO3+. The molecule has 0 aliphatic rings. The number of hydrogen-bond donors (Lipinski definition) is 2. The minimum absolute atomic E-state index is 0.242. The van der Waals surface area contributed by atoms with Gasteiger partial charge in [-0.05, 0) is 18.2 Å². The van der Waals surface area contributed by atoms with Crippen molar-refractivity contribution in [2.75, 3.05) is 13.2 Å². The Morgan fingerprint density at radius 3 is 2.21 bits per heavy atom. The van der Waals surface area contributed by atoms with Gasteiger partial charge in [-0.25, -0.2) is 0 Å². The lowest BCUT2D eigenvalue weighted by Crippen LogP contribution is -2.51. The summed E-state index contributed by atoms with van der Waals surface area (Å²) < 4.78 is 5.42. The van der Waals surface area contributed by atoms with Gasteiger partial charge in [0.1, 0.15) is 6.54 Å². The van der Waals surface area contributed by atoms with Crippen LogP contribution in [0.25, 0.3) is 0 Å². The van der Waals surface area contributed by atoms with Crippen LogP contribution < -0.4 is 0 Å². The second-order valence-corrected chi connectivity index (χ2v) is 3.54. The van der Waals surface area contributed by atoms with E-state index in [1.807, 2.05) is 6.92 Å². The van der Waals surface area contributed by atoms with Crippen molar-refractivity contribution >= 4 is 0 Å². The Hall–Kier alpha value is -0.160. The Bertz CT molecular complexity index is 139. The zero-order valence-corrected chi connectivity index (χ0v) is 9.57. The molecule has 4 nitrogen and oxygen atoms in total. The molecule has 0 rings (SSSR count). The van der Waals surface area contributed by atoms with E-state index < -0.39 is 11.0 Å². The number of rotatable bonds is 8. The topological polar surface area (TPSA) is 49.7 Å². The number of unbranched alkanes of at least 4 members (excludes halogenated alkanes) is 2. The first kappa shape index (κ1) is 13.8. The van der Waals surface area contributed by atoms with E-state index in [4.69, 9.17) is 4.74 Å². The Morgan fingerprint density at radius 1 is 1.14 bits per heavy atom. The lowest BCUT2D eigenvalue weighted by atomic mass is 10.3. The van der Waals surface area contributed by atoms with E-state index in [0.717, 1.165) is 19.3 Å². The SMILES string of the molecule is CCCCCOC(CC)[N+](O)(O)CC. The highest BCUT2D eigenvalue weighted by Crippen LogP contribution is 2.11. The van der Waals surface area contributed by atoms with Gasteiger partial charge >= 0.3 is 0 Å². The fourth-order valence-corrected chi connectivity index (χ4v) is 1.30. The summed E-state index contributed by atoms with van der Waals surface area (Å²) in [6.07, 6.45) is 3.34. The molecule has 0 bridgehead atoms. The van der Waals surface area contributed by atoms with E-state index >= 15 is 0 Å². The van der Waals surface area contributed by atoms with Crippen LogP contribution in [-0.2, 0) is 4.74 Å². The Balaban J connectivity index is 3.79. The molecule has 1 unspecified atom stereocenters. The third kappa shape index (κ3) is 4.91. The van der Waals surface area contributed by atoms with Crippen LogP contribution in [-0.4, -0.2) is 34.6 Å². The van der Waals surface area contributed by atoms with E-state index in [0.29, 0.717) is 13.0 Å². The van der Waals surface area contributed by atoms with Gasteiger partial charge < -0.3 is 4.74 Å². The fourth-order valence-electron chi connectivity index (χ4n) is 1.30. The van der Waals surface area contributed by atoms with Crippen molar-refractivity contribution in [3.63, 3.8) is 0 Å². The second-order valence-electron chi connectivity index (χ2n) is 3.54. The summed E-state index contributed by atoms with van der Waals surface area (Å²) in [5.41, 5.74) is 0. The van der Waals surface area contributed by atoms with Gasteiger partial charge in [0.2, 0.25) is 0 Å². The largest absolute Gasteiger partial charge is 0.324 e. The van der Waals surface area contributed by atoms with E-state index in [1.165, 1.54) is 0 Å². The van der Waals surface area contributed by atoms with Gasteiger partial charge in [-0.15, -0.1) is 0 Å². The lowest BCUT2D eigenvalue weighted by molar-refractivity contribution is -1.27. The first-order valence-corrected chi connectivity index (χ1v) is 5.53. The summed E-state index contributed by atoms with van der Waals surface area (Å²) in [5, 5.41) is 19.0. The average molecular weight is 206 g/mol. The molecule has 0 radical (unpaired) electrons. The number of ether oxygens (including phenoxy) is 1. The predicted molar refractivity (Wildman–Crippen MR) is 53.9 cm³/mol. The van der Waals surface area contributed by atoms with E-state index in [-0.39, 0.29) is 6.54 Å². The van der Waals surface area contributed by atoms with Crippen molar-refractivity contribution in [2.45, 2.75) is 52.7 Å². The van der Waals surface area contributed by atoms with Gasteiger partial charge in [0.25, 0.3) is 6.23 Å². The molecule has 0 saturated carbocycles. The van der Waals surface area contributed by atoms with Crippen molar-refractivity contribution in [1.29, 1.82) is 0 Å². The highest BCUT2D eigenvalue weighted by Gasteiger charge is 2.32. The molecule has 0 fully saturated rings. The van der Waals surface area contributed by atoms with Crippen LogP contribution >= 0.6 is 0 Å².